The average molecular weight is 971 g/mol. The predicted molar refractivity (Wildman–Crippen MR) is 250 cm³/mol. The number of anilines is 1. The number of aliphatic carboxylic acids is 2. The molecule has 15 nitrogen and oxygen atoms in total. The topological polar surface area (TPSA) is 216 Å². The number of aliphatic hydroxyl groups excluding tert-OH is 1. The number of amides is 1. The number of carbonyl (C=O) groups excluding carboxylic acids is 3. The van der Waals surface area contributed by atoms with Crippen LogP contribution in [0.2, 0.25) is 0 Å². The van der Waals surface area contributed by atoms with Gasteiger partial charge in [0.2, 0.25) is 5.90 Å². The number of nitrogens with zero attached hydrogens (tertiary/aromatic N) is 4. The van der Waals surface area contributed by atoms with Crippen LogP contribution in [0.5, 0.6) is 5.75 Å². The SMILES string of the molecule is CC(=O)O.CC1CC(C)C(C(=O)OC2=C(c3ccccc3)/C(=C/c3[n-]c(N4CCCC4=O)c(OC(=O)C4C(C)CC(C)CC4C)c3-c3ccccc3)N=C2N=C(O)COCC(=O)O)C(C)C1.[Zn]. The van der Waals surface area contributed by atoms with Gasteiger partial charge in [0.15, 0.2) is 11.6 Å². The van der Waals surface area contributed by atoms with Gasteiger partial charge in [-0.25, -0.2) is 9.79 Å². The number of rotatable bonds is 12. The maximum absolute atomic E-state index is 14.4. The number of ether oxygens (including phenoxy) is 3. The van der Waals surface area contributed by atoms with E-state index < -0.39 is 42.9 Å². The fourth-order valence-corrected chi connectivity index (χ4v) is 10.4. The molecule has 4 atom stereocenters. The van der Waals surface area contributed by atoms with Gasteiger partial charge in [0.25, 0.3) is 5.97 Å². The van der Waals surface area contributed by atoms with Crippen molar-refractivity contribution in [1.82, 2.24) is 4.98 Å². The Labute approximate surface area is 404 Å². The van der Waals surface area contributed by atoms with Gasteiger partial charge >= 0.3 is 17.9 Å². The van der Waals surface area contributed by atoms with Crippen molar-refractivity contribution in [2.75, 3.05) is 24.7 Å². The van der Waals surface area contributed by atoms with E-state index in [0.29, 0.717) is 59.2 Å². The molecule has 3 heterocycles. The molecular weight excluding hydrogens is 910 g/mol. The summed E-state index contributed by atoms with van der Waals surface area (Å²) in [5.41, 5.74) is 2.79. The molecule has 3 fully saturated rings. The molecule has 67 heavy (non-hydrogen) atoms. The van der Waals surface area contributed by atoms with Gasteiger partial charge in [-0.3, -0.25) is 19.2 Å². The Bertz CT molecular complexity index is 2380. The zero-order valence-corrected chi connectivity index (χ0v) is 42.4. The number of carboxylic acid groups (broad SMARTS) is 2. The van der Waals surface area contributed by atoms with Gasteiger partial charge in [0.1, 0.15) is 24.9 Å². The van der Waals surface area contributed by atoms with Crippen molar-refractivity contribution in [2.24, 2.45) is 57.3 Å². The largest absolute Gasteiger partial charge is 0.495 e. The van der Waals surface area contributed by atoms with Gasteiger partial charge in [0, 0.05) is 38.4 Å². The van der Waals surface area contributed by atoms with Crippen LogP contribution in [0.4, 0.5) is 5.82 Å². The molecular formula is C51H61N4O11Zn-. The van der Waals surface area contributed by atoms with E-state index in [1.165, 1.54) is 0 Å². The second-order valence-electron chi connectivity index (χ2n) is 18.5. The first-order chi connectivity index (χ1) is 31.4. The van der Waals surface area contributed by atoms with Crippen molar-refractivity contribution in [2.45, 2.75) is 87.0 Å². The number of aliphatic imine (C=N–C) groups is 2. The van der Waals surface area contributed by atoms with Crippen molar-refractivity contribution in [3.05, 3.63) is 83.4 Å². The molecule has 0 radical (unpaired) electrons. The van der Waals surface area contributed by atoms with E-state index in [-0.39, 0.29) is 89.8 Å². The molecule has 7 rings (SSSR count). The van der Waals surface area contributed by atoms with Crippen LogP contribution in [0.3, 0.4) is 0 Å². The van der Waals surface area contributed by atoms with Gasteiger partial charge in [-0.1, -0.05) is 102 Å². The third-order valence-corrected chi connectivity index (χ3v) is 12.7. The molecule has 1 saturated heterocycles. The van der Waals surface area contributed by atoms with Crippen LogP contribution in [0.15, 0.2) is 82.1 Å². The van der Waals surface area contributed by atoms with Crippen LogP contribution >= 0.6 is 0 Å². The summed E-state index contributed by atoms with van der Waals surface area (Å²) in [6.07, 6.45) is 6.14. The van der Waals surface area contributed by atoms with Crippen molar-refractivity contribution in [3.63, 3.8) is 0 Å². The number of carbonyl (C=O) groups is 5. The Morgan fingerprint density at radius 2 is 1.28 bits per heavy atom. The summed E-state index contributed by atoms with van der Waals surface area (Å²) in [7, 11) is 0. The summed E-state index contributed by atoms with van der Waals surface area (Å²) in [4.78, 5) is 78.2. The Hall–Kier alpha value is -5.73. The third kappa shape index (κ3) is 12.8. The van der Waals surface area contributed by atoms with Gasteiger partial charge in [-0.2, -0.15) is 4.99 Å². The van der Waals surface area contributed by atoms with Crippen molar-refractivity contribution in [3.8, 4) is 16.9 Å². The smallest absolute Gasteiger partial charge is 0.329 e. The van der Waals surface area contributed by atoms with Gasteiger partial charge in [0.05, 0.1) is 23.1 Å². The number of amidine groups is 1. The van der Waals surface area contributed by atoms with Crippen molar-refractivity contribution >= 4 is 59.0 Å². The van der Waals surface area contributed by atoms with E-state index in [1.54, 1.807) is 11.0 Å². The number of esters is 2. The molecule has 16 heteroatoms. The molecule has 3 N–H and O–H groups in total. The van der Waals surface area contributed by atoms with E-state index in [9.17, 15) is 24.3 Å². The van der Waals surface area contributed by atoms with E-state index in [0.717, 1.165) is 32.6 Å². The van der Waals surface area contributed by atoms with Crippen LogP contribution in [0.1, 0.15) is 98.2 Å². The van der Waals surface area contributed by atoms with Crippen LogP contribution in [-0.2, 0) is 52.9 Å². The first-order valence-corrected chi connectivity index (χ1v) is 22.8. The van der Waals surface area contributed by atoms with Crippen molar-refractivity contribution in [1.29, 1.82) is 0 Å². The molecule has 2 aliphatic heterocycles. The van der Waals surface area contributed by atoms with E-state index in [4.69, 9.17) is 39.2 Å². The number of carboxylic acids is 2. The van der Waals surface area contributed by atoms with Gasteiger partial charge < -0.3 is 39.4 Å². The number of benzene rings is 2. The van der Waals surface area contributed by atoms with Crippen LogP contribution in [-0.4, -0.2) is 76.6 Å². The fraction of sp³-hybridized carbons (Fsp3) is 0.471. The molecule has 2 aromatic carbocycles. The number of hydrogen-bond donors (Lipinski definition) is 3. The quantitative estimate of drug-likeness (QED) is 0.0672. The summed E-state index contributed by atoms with van der Waals surface area (Å²) >= 11 is 0. The maximum Gasteiger partial charge on any atom is 0.329 e. The standard InChI is InChI=1S/C49H58N4O9.C2H4O2.Zn/c1-27-20-29(3)40(30(4)21-27)48(58)61-44-42(33-14-9-7-10-15-33)35(50-46(44)52-37(54)25-60-26-39(56)57)24-36-43(34-16-11-8-12-17-34)45(47(51-36)53-19-13-18-38(53)55)62-49(59)41-31(5)22-28(2)23-32(41)6;1-2(3)4;/h7-12,14-17,24,27-32,40-41H,13,18-23,25-26H2,1-6H3,(H3,50,51,52,54,56,57);1H3,(H,3,4);/p-1. The maximum atomic E-state index is 14.4. The second-order valence-corrected chi connectivity index (χ2v) is 18.5. The molecule has 1 aromatic heterocycles. The van der Waals surface area contributed by atoms with Gasteiger partial charge in [-0.15, -0.1) is 0 Å². The third-order valence-electron chi connectivity index (χ3n) is 12.7. The second kappa shape index (κ2) is 23.3. The zero-order chi connectivity index (χ0) is 47.8. The summed E-state index contributed by atoms with van der Waals surface area (Å²) < 4.78 is 18.0. The Morgan fingerprint density at radius 1 is 0.776 bits per heavy atom. The minimum Gasteiger partial charge on any atom is -0.495 e. The fourth-order valence-electron chi connectivity index (χ4n) is 10.4. The number of allylic oxidation sites excluding steroid dienone is 1. The molecule has 0 bridgehead atoms. The number of aromatic nitrogens is 1. The molecule has 0 spiro atoms. The monoisotopic (exact) mass is 969 g/mol. The Kier molecular flexibility index (Phi) is 18.2. The Balaban J connectivity index is 0.00000161. The first kappa shape index (κ1) is 52.2. The molecule has 2 saturated carbocycles. The van der Waals surface area contributed by atoms with Crippen LogP contribution in [0, 0.1) is 47.3 Å². The number of hydrogen-bond acceptors (Lipinski definition) is 10. The number of aliphatic hydroxyl groups is 1. The molecule has 2 aliphatic carbocycles. The molecule has 4 unspecified atom stereocenters. The zero-order valence-electron chi connectivity index (χ0n) is 39.4. The van der Waals surface area contributed by atoms with Crippen LogP contribution < -0.4 is 14.6 Å². The molecule has 354 valence electrons. The van der Waals surface area contributed by atoms with Gasteiger partial charge in [-0.05, 0) is 103 Å². The molecule has 4 aliphatic rings. The normalized spacial score (nSPS) is 25.7. The van der Waals surface area contributed by atoms with Crippen molar-refractivity contribution < 1.29 is 73.0 Å². The minimum atomic E-state index is -1.22. The summed E-state index contributed by atoms with van der Waals surface area (Å²) in [5, 5.41) is 27.5. The molecule has 3 aromatic rings. The van der Waals surface area contributed by atoms with Crippen LogP contribution in [0.25, 0.3) is 22.8 Å². The molecule has 1 amide bonds. The summed E-state index contributed by atoms with van der Waals surface area (Å²) in [6.45, 7) is 12.9. The average Bonchev–Trinajstić information content (AvgIpc) is 3.91. The Morgan fingerprint density at radius 3 is 1.78 bits per heavy atom. The predicted octanol–water partition coefficient (Wildman–Crippen LogP) is 8.83. The summed E-state index contributed by atoms with van der Waals surface area (Å²) in [6, 6.07) is 18.6. The summed E-state index contributed by atoms with van der Waals surface area (Å²) in [5.74, 6) is -2.90. The van der Waals surface area contributed by atoms with E-state index in [1.807, 2.05) is 60.7 Å². The van der Waals surface area contributed by atoms with E-state index in [2.05, 4.69) is 46.5 Å². The van der Waals surface area contributed by atoms with E-state index >= 15 is 0 Å². The minimum absolute atomic E-state index is 0. The first-order valence-electron chi connectivity index (χ1n) is 22.8.